The number of nitro benzene ring substituents is 1. The number of benzene rings is 2. The van der Waals surface area contributed by atoms with Crippen LogP contribution >= 0.6 is 11.6 Å². The standard InChI is InChI=1S/C19H15ClN2O4/c20-15-9-7-14(8-10-15)12-21(13-16-4-3-11-26-16)19(23)17-5-1-2-6-18(17)22(24)25/h1-11H,12-13H2. The summed E-state index contributed by atoms with van der Waals surface area (Å²) >= 11 is 5.91. The molecular weight excluding hydrogens is 356 g/mol. The number of carbonyl (C=O) groups is 1. The van der Waals surface area contributed by atoms with Crippen LogP contribution in [0.3, 0.4) is 0 Å². The second-order valence-corrected chi connectivity index (χ2v) is 6.08. The average molecular weight is 371 g/mol. The van der Waals surface area contributed by atoms with Crippen LogP contribution in [0.5, 0.6) is 0 Å². The molecule has 7 heteroatoms. The molecule has 0 fully saturated rings. The first-order valence-corrected chi connectivity index (χ1v) is 8.22. The molecule has 6 nitrogen and oxygen atoms in total. The lowest BCUT2D eigenvalue weighted by molar-refractivity contribution is -0.385. The third kappa shape index (κ3) is 4.10. The van der Waals surface area contributed by atoms with Crippen molar-refractivity contribution in [2.45, 2.75) is 13.1 Å². The molecule has 0 aliphatic rings. The molecule has 0 aliphatic heterocycles. The summed E-state index contributed by atoms with van der Waals surface area (Å²) < 4.78 is 5.34. The fraction of sp³-hybridized carbons (Fsp3) is 0.105. The van der Waals surface area contributed by atoms with Crippen LogP contribution in [0.15, 0.2) is 71.3 Å². The maximum Gasteiger partial charge on any atom is 0.282 e. The summed E-state index contributed by atoms with van der Waals surface area (Å²) in [6.45, 7) is 0.462. The third-order valence-corrected chi connectivity index (χ3v) is 4.08. The molecule has 0 N–H and O–H groups in total. The Hall–Kier alpha value is -3.12. The Balaban J connectivity index is 1.93. The van der Waals surface area contributed by atoms with E-state index < -0.39 is 10.8 Å². The van der Waals surface area contributed by atoms with Crippen LogP contribution in [-0.2, 0) is 13.1 Å². The van der Waals surface area contributed by atoms with E-state index in [1.54, 1.807) is 30.3 Å². The lowest BCUT2D eigenvalue weighted by atomic mass is 10.1. The topological polar surface area (TPSA) is 76.6 Å². The zero-order chi connectivity index (χ0) is 18.5. The highest BCUT2D eigenvalue weighted by Gasteiger charge is 2.25. The van der Waals surface area contributed by atoms with Gasteiger partial charge in [0.05, 0.1) is 17.7 Å². The number of nitrogens with zero attached hydrogens (tertiary/aromatic N) is 2. The first kappa shape index (κ1) is 17.7. The zero-order valence-corrected chi connectivity index (χ0v) is 14.4. The molecule has 0 aliphatic carbocycles. The molecule has 26 heavy (non-hydrogen) atoms. The number of hydrogen-bond donors (Lipinski definition) is 0. The van der Waals surface area contributed by atoms with Crippen LogP contribution in [0.4, 0.5) is 5.69 Å². The van der Waals surface area contributed by atoms with Gasteiger partial charge in [-0.15, -0.1) is 0 Å². The van der Waals surface area contributed by atoms with E-state index in [0.29, 0.717) is 10.8 Å². The van der Waals surface area contributed by atoms with Crippen LogP contribution in [0.2, 0.25) is 5.02 Å². The van der Waals surface area contributed by atoms with E-state index in [-0.39, 0.29) is 24.3 Å². The van der Waals surface area contributed by atoms with Gasteiger partial charge in [0.25, 0.3) is 11.6 Å². The summed E-state index contributed by atoms with van der Waals surface area (Å²) in [5, 5.41) is 11.9. The number of amides is 1. The van der Waals surface area contributed by atoms with Gasteiger partial charge in [-0.3, -0.25) is 14.9 Å². The Labute approximate surface area is 154 Å². The summed E-state index contributed by atoms with van der Waals surface area (Å²) in [7, 11) is 0. The number of nitro groups is 1. The Morgan fingerprint density at radius 1 is 1.04 bits per heavy atom. The molecule has 0 saturated heterocycles. The summed E-state index contributed by atoms with van der Waals surface area (Å²) in [5.41, 5.74) is 0.670. The Morgan fingerprint density at radius 3 is 2.42 bits per heavy atom. The molecule has 0 unspecified atom stereocenters. The first-order valence-electron chi connectivity index (χ1n) is 7.84. The van der Waals surface area contributed by atoms with Crippen molar-refractivity contribution in [1.82, 2.24) is 4.90 Å². The fourth-order valence-electron chi connectivity index (χ4n) is 2.58. The van der Waals surface area contributed by atoms with Gasteiger partial charge in [0.1, 0.15) is 11.3 Å². The minimum absolute atomic E-state index is 0.0398. The van der Waals surface area contributed by atoms with E-state index >= 15 is 0 Å². The van der Waals surface area contributed by atoms with E-state index in [1.165, 1.54) is 29.4 Å². The fourth-order valence-corrected chi connectivity index (χ4v) is 2.71. The average Bonchev–Trinajstić information content (AvgIpc) is 3.15. The molecule has 0 saturated carbocycles. The summed E-state index contributed by atoms with van der Waals surface area (Å²) in [4.78, 5) is 25.2. The monoisotopic (exact) mass is 370 g/mol. The second-order valence-electron chi connectivity index (χ2n) is 5.64. The minimum atomic E-state index is -0.555. The maximum atomic E-state index is 13.0. The van der Waals surface area contributed by atoms with E-state index in [1.807, 2.05) is 12.1 Å². The van der Waals surface area contributed by atoms with Gasteiger partial charge < -0.3 is 9.32 Å². The SMILES string of the molecule is O=C(c1ccccc1[N+](=O)[O-])N(Cc1ccc(Cl)cc1)Cc1ccco1. The predicted molar refractivity (Wildman–Crippen MR) is 96.8 cm³/mol. The molecule has 0 radical (unpaired) electrons. The molecule has 0 spiro atoms. The van der Waals surface area contributed by atoms with Gasteiger partial charge in [0.15, 0.2) is 0 Å². The molecule has 3 rings (SSSR count). The van der Waals surface area contributed by atoms with Crippen LogP contribution in [0, 0.1) is 10.1 Å². The number of rotatable bonds is 6. The van der Waals surface area contributed by atoms with Crippen molar-refractivity contribution in [2.24, 2.45) is 0 Å². The van der Waals surface area contributed by atoms with Gasteiger partial charge in [0, 0.05) is 17.6 Å². The van der Waals surface area contributed by atoms with Crippen LogP contribution < -0.4 is 0 Å². The number of para-hydroxylation sites is 1. The van der Waals surface area contributed by atoms with Crippen molar-refractivity contribution >= 4 is 23.2 Å². The largest absolute Gasteiger partial charge is 0.467 e. The molecule has 2 aromatic carbocycles. The van der Waals surface area contributed by atoms with Gasteiger partial charge in [0.2, 0.25) is 0 Å². The molecule has 1 amide bonds. The summed E-state index contributed by atoms with van der Waals surface area (Å²) in [5.74, 6) is 0.148. The van der Waals surface area contributed by atoms with Gasteiger partial charge in [-0.25, -0.2) is 0 Å². The summed E-state index contributed by atoms with van der Waals surface area (Å²) in [6, 6.07) is 16.5. The highest BCUT2D eigenvalue weighted by Crippen LogP contribution is 2.22. The smallest absolute Gasteiger partial charge is 0.282 e. The normalized spacial score (nSPS) is 10.5. The Bertz CT molecular complexity index is 908. The Kier molecular flexibility index (Phi) is 5.34. The summed E-state index contributed by atoms with van der Waals surface area (Å²) in [6.07, 6.45) is 1.52. The molecule has 1 aromatic heterocycles. The van der Waals surface area contributed by atoms with Crippen molar-refractivity contribution in [2.75, 3.05) is 0 Å². The van der Waals surface area contributed by atoms with Crippen molar-refractivity contribution in [3.8, 4) is 0 Å². The van der Waals surface area contributed by atoms with Gasteiger partial charge in [-0.2, -0.15) is 0 Å². The molecular formula is C19H15ClN2O4. The van der Waals surface area contributed by atoms with Crippen molar-refractivity contribution in [1.29, 1.82) is 0 Å². The molecule has 0 bridgehead atoms. The highest BCUT2D eigenvalue weighted by atomic mass is 35.5. The van der Waals surface area contributed by atoms with E-state index in [2.05, 4.69) is 0 Å². The number of hydrogen-bond acceptors (Lipinski definition) is 4. The molecule has 132 valence electrons. The minimum Gasteiger partial charge on any atom is -0.467 e. The number of furan rings is 1. The number of carbonyl (C=O) groups excluding carboxylic acids is 1. The van der Waals surface area contributed by atoms with Crippen molar-refractivity contribution in [3.63, 3.8) is 0 Å². The van der Waals surface area contributed by atoms with Crippen molar-refractivity contribution < 1.29 is 14.1 Å². The van der Waals surface area contributed by atoms with E-state index in [4.69, 9.17) is 16.0 Å². The second kappa shape index (κ2) is 7.84. The first-order chi connectivity index (χ1) is 12.5. The van der Waals surface area contributed by atoms with Crippen LogP contribution in [0.1, 0.15) is 21.7 Å². The van der Waals surface area contributed by atoms with Crippen LogP contribution in [0.25, 0.3) is 0 Å². The lowest BCUT2D eigenvalue weighted by Gasteiger charge is -2.22. The van der Waals surface area contributed by atoms with Crippen LogP contribution in [-0.4, -0.2) is 15.7 Å². The molecule has 0 atom stereocenters. The third-order valence-electron chi connectivity index (χ3n) is 3.83. The quantitative estimate of drug-likeness (QED) is 0.466. The number of halogens is 1. The lowest BCUT2D eigenvalue weighted by Crippen LogP contribution is -2.30. The molecule has 3 aromatic rings. The van der Waals surface area contributed by atoms with Gasteiger partial charge in [-0.1, -0.05) is 35.9 Å². The van der Waals surface area contributed by atoms with Gasteiger partial charge >= 0.3 is 0 Å². The maximum absolute atomic E-state index is 13.0. The van der Waals surface area contributed by atoms with E-state index in [9.17, 15) is 14.9 Å². The highest BCUT2D eigenvalue weighted by molar-refractivity contribution is 6.30. The molecule has 1 heterocycles. The van der Waals surface area contributed by atoms with E-state index in [0.717, 1.165) is 5.56 Å². The zero-order valence-electron chi connectivity index (χ0n) is 13.7. The van der Waals surface area contributed by atoms with Gasteiger partial charge in [-0.05, 0) is 35.9 Å². The van der Waals surface area contributed by atoms with Crippen molar-refractivity contribution in [3.05, 3.63) is 99.0 Å². The Morgan fingerprint density at radius 2 is 1.77 bits per heavy atom. The predicted octanol–water partition coefficient (Wildman–Crippen LogP) is 4.68.